The molecule has 0 aromatic carbocycles. The van der Waals surface area contributed by atoms with E-state index in [2.05, 4.69) is 10.4 Å². The quantitative estimate of drug-likeness (QED) is 0.758. The third-order valence-electron chi connectivity index (χ3n) is 3.00. The summed E-state index contributed by atoms with van der Waals surface area (Å²) in [6.07, 6.45) is 5.35. The van der Waals surface area contributed by atoms with Crippen molar-refractivity contribution in [3.8, 4) is 0 Å². The Kier molecular flexibility index (Phi) is 2.73. The van der Waals surface area contributed by atoms with Gasteiger partial charge in [-0.25, -0.2) is 0 Å². The number of carboxylic acids is 1. The highest BCUT2D eigenvalue weighted by molar-refractivity contribution is 5.68. The fraction of sp³-hybridized carbons (Fsp3) is 0.600. The van der Waals surface area contributed by atoms with Crippen molar-refractivity contribution in [3.05, 3.63) is 18.5 Å². The van der Waals surface area contributed by atoms with E-state index in [1.807, 2.05) is 16.9 Å². The highest BCUT2D eigenvalue weighted by Gasteiger charge is 2.36. The van der Waals surface area contributed by atoms with Crippen LogP contribution in [0.5, 0.6) is 0 Å². The Hall–Kier alpha value is -1.36. The predicted molar refractivity (Wildman–Crippen MR) is 54.6 cm³/mol. The number of nitrogens with one attached hydrogen (secondary N) is 1. The number of rotatable bonds is 3. The number of aliphatic carboxylic acids is 1. The van der Waals surface area contributed by atoms with Gasteiger partial charge in [0.1, 0.15) is 0 Å². The molecule has 1 aliphatic heterocycles. The number of piperidine rings is 1. The third-order valence-corrected chi connectivity index (χ3v) is 3.00. The van der Waals surface area contributed by atoms with Gasteiger partial charge in [0.25, 0.3) is 0 Å². The first-order valence-corrected chi connectivity index (χ1v) is 5.16. The maximum atomic E-state index is 10.9. The number of nitrogens with zero attached hydrogens (tertiary/aromatic N) is 2. The van der Waals surface area contributed by atoms with E-state index in [1.165, 1.54) is 0 Å². The molecule has 5 heteroatoms. The van der Waals surface area contributed by atoms with E-state index >= 15 is 0 Å². The molecule has 82 valence electrons. The van der Waals surface area contributed by atoms with Crippen LogP contribution >= 0.6 is 0 Å². The Balaban J connectivity index is 2.25. The third kappa shape index (κ3) is 2.02. The maximum absolute atomic E-state index is 10.9. The van der Waals surface area contributed by atoms with Gasteiger partial charge in [0, 0.05) is 12.4 Å². The molecule has 0 amide bonds. The van der Waals surface area contributed by atoms with Crippen molar-refractivity contribution in [2.45, 2.75) is 24.8 Å². The van der Waals surface area contributed by atoms with Crippen molar-refractivity contribution in [1.29, 1.82) is 0 Å². The molecule has 0 unspecified atom stereocenters. The van der Waals surface area contributed by atoms with Gasteiger partial charge in [-0.05, 0) is 32.0 Å². The minimum absolute atomic E-state index is 0.149. The lowest BCUT2D eigenvalue weighted by molar-refractivity contribution is -0.140. The lowest BCUT2D eigenvalue weighted by Crippen LogP contribution is -2.45. The Bertz CT molecular complexity index is 328. The van der Waals surface area contributed by atoms with Crippen LogP contribution in [0.3, 0.4) is 0 Å². The standard InChI is InChI=1S/C10H15N3O2/c14-9(15)8-10(2-5-11-6-3-10)13-7-1-4-12-13/h1,4,7,11H,2-3,5-6,8H2,(H,14,15). The molecular weight excluding hydrogens is 194 g/mol. The van der Waals surface area contributed by atoms with E-state index < -0.39 is 5.97 Å². The van der Waals surface area contributed by atoms with E-state index in [1.54, 1.807) is 6.20 Å². The monoisotopic (exact) mass is 209 g/mol. The first-order chi connectivity index (χ1) is 7.23. The van der Waals surface area contributed by atoms with Crippen LogP contribution in [-0.2, 0) is 10.3 Å². The summed E-state index contributed by atoms with van der Waals surface area (Å²) in [5.74, 6) is -0.757. The second-order valence-corrected chi connectivity index (χ2v) is 4.00. The number of aromatic nitrogens is 2. The minimum Gasteiger partial charge on any atom is -0.481 e. The van der Waals surface area contributed by atoms with Crippen LogP contribution in [0.1, 0.15) is 19.3 Å². The molecule has 5 nitrogen and oxygen atoms in total. The fourth-order valence-electron chi connectivity index (χ4n) is 2.21. The lowest BCUT2D eigenvalue weighted by atomic mass is 9.85. The van der Waals surface area contributed by atoms with E-state index in [0.717, 1.165) is 25.9 Å². The van der Waals surface area contributed by atoms with Crippen molar-refractivity contribution in [2.24, 2.45) is 0 Å². The molecule has 0 radical (unpaired) electrons. The van der Waals surface area contributed by atoms with Crippen LogP contribution in [0.2, 0.25) is 0 Å². The normalized spacial score (nSPS) is 20.0. The lowest BCUT2D eigenvalue weighted by Gasteiger charge is -2.36. The Morgan fingerprint density at radius 1 is 1.53 bits per heavy atom. The summed E-state index contributed by atoms with van der Waals surface area (Å²) < 4.78 is 1.81. The number of hydrogen-bond acceptors (Lipinski definition) is 3. The molecule has 15 heavy (non-hydrogen) atoms. The van der Waals surface area contributed by atoms with Crippen molar-refractivity contribution < 1.29 is 9.90 Å². The second kappa shape index (κ2) is 4.02. The molecule has 2 N–H and O–H groups in total. The molecule has 0 atom stereocenters. The van der Waals surface area contributed by atoms with Gasteiger partial charge in [-0.15, -0.1) is 0 Å². The number of hydrogen-bond donors (Lipinski definition) is 2. The molecule has 1 aromatic heterocycles. The SMILES string of the molecule is O=C(O)CC1(n2cccn2)CCNCC1. The first-order valence-electron chi connectivity index (χ1n) is 5.16. The number of carbonyl (C=O) groups is 1. The van der Waals surface area contributed by atoms with E-state index in [4.69, 9.17) is 5.11 Å². The van der Waals surface area contributed by atoms with Crippen molar-refractivity contribution in [3.63, 3.8) is 0 Å². The molecule has 1 fully saturated rings. The Labute approximate surface area is 88.1 Å². The average molecular weight is 209 g/mol. The van der Waals surface area contributed by atoms with Crippen LogP contribution in [0.25, 0.3) is 0 Å². The molecule has 0 saturated carbocycles. The van der Waals surface area contributed by atoms with Gasteiger partial charge in [-0.3, -0.25) is 9.48 Å². The first kappa shape index (κ1) is 10.2. The summed E-state index contributed by atoms with van der Waals surface area (Å²) >= 11 is 0. The number of carboxylic acid groups (broad SMARTS) is 1. The van der Waals surface area contributed by atoms with Crippen molar-refractivity contribution >= 4 is 5.97 Å². The second-order valence-electron chi connectivity index (χ2n) is 4.00. The van der Waals surface area contributed by atoms with Gasteiger partial charge in [-0.2, -0.15) is 5.10 Å². The molecule has 1 aromatic rings. The minimum atomic E-state index is -0.757. The van der Waals surface area contributed by atoms with Gasteiger partial charge in [0.05, 0.1) is 12.0 Å². The molecule has 0 aliphatic carbocycles. The van der Waals surface area contributed by atoms with Crippen LogP contribution in [0.4, 0.5) is 0 Å². The van der Waals surface area contributed by atoms with Crippen molar-refractivity contribution in [1.82, 2.24) is 15.1 Å². The summed E-state index contributed by atoms with van der Waals surface area (Å²) in [6.45, 7) is 1.71. The maximum Gasteiger partial charge on any atom is 0.305 e. The zero-order chi connectivity index (χ0) is 10.7. The molecule has 0 bridgehead atoms. The molecule has 1 aliphatic rings. The van der Waals surface area contributed by atoms with Gasteiger partial charge < -0.3 is 10.4 Å². The summed E-state index contributed by atoms with van der Waals surface area (Å²) in [5, 5.41) is 16.4. The summed E-state index contributed by atoms with van der Waals surface area (Å²) in [7, 11) is 0. The summed E-state index contributed by atoms with van der Waals surface area (Å²) in [5.41, 5.74) is -0.333. The highest BCUT2D eigenvalue weighted by atomic mass is 16.4. The van der Waals surface area contributed by atoms with Crippen LogP contribution in [-0.4, -0.2) is 33.9 Å². The Morgan fingerprint density at radius 3 is 2.80 bits per heavy atom. The highest BCUT2D eigenvalue weighted by Crippen LogP contribution is 2.30. The van der Waals surface area contributed by atoms with Crippen LogP contribution < -0.4 is 5.32 Å². The van der Waals surface area contributed by atoms with E-state index in [0.29, 0.717) is 0 Å². The topological polar surface area (TPSA) is 67.1 Å². The van der Waals surface area contributed by atoms with E-state index in [-0.39, 0.29) is 12.0 Å². The summed E-state index contributed by atoms with van der Waals surface area (Å²) in [6, 6.07) is 1.84. The molecule has 2 heterocycles. The van der Waals surface area contributed by atoms with Gasteiger partial charge in [-0.1, -0.05) is 0 Å². The van der Waals surface area contributed by atoms with Crippen LogP contribution in [0.15, 0.2) is 18.5 Å². The van der Waals surface area contributed by atoms with Gasteiger partial charge >= 0.3 is 5.97 Å². The van der Waals surface area contributed by atoms with Gasteiger partial charge in [0.2, 0.25) is 0 Å². The van der Waals surface area contributed by atoms with Crippen LogP contribution in [0, 0.1) is 0 Å². The van der Waals surface area contributed by atoms with Gasteiger partial charge in [0.15, 0.2) is 0 Å². The van der Waals surface area contributed by atoms with Crippen molar-refractivity contribution in [2.75, 3.05) is 13.1 Å². The summed E-state index contributed by atoms with van der Waals surface area (Å²) in [4.78, 5) is 10.9. The predicted octanol–water partition coefficient (Wildman–Crippen LogP) is 0.436. The van der Waals surface area contributed by atoms with E-state index in [9.17, 15) is 4.79 Å². The Morgan fingerprint density at radius 2 is 2.27 bits per heavy atom. The smallest absolute Gasteiger partial charge is 0.305 e. The molecule has 1 saturated heterocycles. The molecule has 2 rings (SSSR count). The molecule has 0 spiro atoms. The fourth-order valence-corrected chi connectivity index (χ4v) is 2.21. The average Bonchev–Trinajstić information content (AvgIpc) is 2.71. The zero-order valence-electron chi connectivity index (χ0n) is 8.52. The zero-order valence-corrected chi connectivity index (χ0v) is 8.52. The largest absolute Gasteiger partial charge is 0.481 e. The molecular formula is C10H15N3O2.